The van der Waals surface area contributed by atoms with Crippen LogP contribution >= 0.6 is 11.9 Å². The van der Waals surface area contributed by atoms with Crippen LogP contribution in [-0.4, -0.2) is 84.8 Å². The number of hydrogen-bond acceptors (Lipinski definition) is 5. The van der Waals surface area contributed by atoms with E-state index in [1.54, 1.807) is 0 Å². The van der Waals surface area contributed by atoms with E-state index in [1.165, 1.54) is 90.1 Å². The van der Waals surface area contributed by atoms with Crippen molar-refractivity contribution in [2.45, 2.75) is 92.2 Å². The molecule has 3 rings (SSSR count). The van der Waals surface area contributed by atoms with Crippen LogP contribution in [0.1, 0.15) is 80.1 Å². The minimum absolute atomic E-state index is 0.821. The third-order valence-corrected chi connectivity index (χ3v) is 6.81. The Hall–Kier alpha value is 0.190. The van der Waals surface area contributed by atoms with Gasteiger partial charge in [-0.3, -0.25) is 4.90 Å². The van der Waals surface area contributed by atoms with E-state index in [1.807, 2.05) is 41.5 Å². The molecule has 0 aromatic carbocycles. The summed E-state index contributed by atoms with van der Waals surface area (Å²) in [6, 6.07) is 1.68. The fraction of sp³-hybridized carbons (Fsp3) is 1.00. The van der Waals surface area contributed by atoms with Gasteiger partial charge in [0, 0.05) is 44.0 Å². The van der Waals surface area contributed by atoms with Gasteiger partial charge in [-0.15, -0.1) is 0 Å². The summed E-state index contributed by atoms with van der Waals surface area (Å²) in [5.41, 5.74) is 0. The molecular weight excluding hydrogens is 364 g/mol. The normalized spacial score (nSPS) is 24.3. The largest absolute Gasteiger partial charge is 0.314 e. The van der Waals surface area contributed by atoms with Crippen molar-refractivity contribution in [1.29, 1.82) is 0 Å². The molecule has 3 aliphatic heterocycles. The molecule has 1 atom stereocenters. The summed E-state index contributed by atoms with van der Waals surface area (Å²) in [6.45, 7) is 20.9. The van der Waals surface area contributed by atoms with Gasteiger partial charge >= 0.3 is 0 Å². The highest BCUT2D eigenvalue weighted by Gasteiger charge is 2.26. The summed E-state index contributed by atoms with van der Waals surface area (Å²) in [5, 5.41) is 3.61. The maximum Gasteiger partial charge on any atom is 0.0218 e. The molecule has 28 heavy (non-hydrogen) atoms. The molecule has 0 radical (unpaired) electrons. The summed E-state index contributed by atoms with van der Waals surface area (Å²) in [4.78, 5) is 5.23. The van der Waals surface area contributed by atoms with E-state index in [9.17, 15) is 0 Å². The number of piperidine rings is 1. The van der Waals surface area contributed by atoms with Crippen LogP contribution in [0.15, 0.2) is 0 Å². The Balaban J connectivity index is 0.00000111. The van der Waals surface area contributed by atoms with Gasteiger partial charge in [0.1, 0.15) is 0 Å². The Labute approximate surface area is 182 Å². The Morgan fingerprint density at radius 3 is 1.96 bits per heavy atom. The van der Waals surface area contributed by atoms with Crippen molar-refractivity contribution in [3.8, 4) is 0 Å². The van der Waals surface area contributed by atoms with E-state index >= 15 is 0 Å². The zero-order valence-corrected chi connectivity index (χ0v) is 21.1. The van der Waals surface area contributed by atoms with E-state index in [2.05, 4.69) is 38.4 Å². The molecule has 0 aliphatic carbocycles. The Kier molecular flexibility index (Phi) is 19.3. The predicted octanol–water partition coefficient (Wildman–Crippen LogP) is 4.96. The van der Waals surface area contributed by atoms with Crippen molar-refractivity contribution < 1.29 is 0 Å². The van der Waals surface area contributed by atoms with Gasteiger partial charge < -0.3 is 10.2 Å². The SMILES string of the molecule is CC.CC.CC.CN1CCC(N2CCN(SCCCC3CCCN3)CC2)CC1. The topological polar surface area (TPSA) is 21.8 Å². The number of nitrogens with zero attached hydrogens (tertiary/aromatic N) is 3. The Morgan fingerprint density at radius 2 is 1.43 bits per heavy atom. The van der Waals surface area contributed by atoms with Gasteiger partial charge in [0.15, 0.2) is 0 Å². The van der Waals surface area contributed by atoms with Crippen LogP contribution in [0.3, 0.4) is 0 Å². The first kappa shape index (κ1) is 28.2. The monoisotopic (exact) mass is 416 g/mol. The van der Waals surface area contributed by atoms with Crippen molar-refractivity contribution >= 4 is 11.9 Å². The molecule has 1 N–H and O–H groups in total. The first-order chi connectivity index (χ1) is 13.8. The molecule has 0 aromatic heterocycles. The fourth-order valence-electron chi connectivity index (χ4n) is 4.08. The smallest absolute Gasteiger partial charge is 0.0218 e. The summed E-state index contributed by atoms with van der Waals surface area (Å²) >= 11 is 2.10. The van der Waals surface area contributed by atoms with Gasteiger partial charge in [-0.2, -0.15) is 0 Å². The number of piperazine rings is 1. The summed E-state index contributed by atoms with van der Waals surface area (Å²) in [7, 11) is 2.26. The summed E-state index contributed by atoms with van der Waals surface area (Å²) in [5.74, 6) is 1.31. The third-order valence-electron chi connectivity index (χ3n) is 5.61. The fourth-order valence-corrected chi connectivity index (χ4v) is 5.06. The van der Waals surface area contributed by atoms with Crippen LogP contribution in [0.5, 0.6) is 0 Å². The minimum Gasteiger partial charge on any atom is -0.314 e. The van der Waals surface area contributed by atoms with E-state index in [0.717, 1.165) is 12.1 Å². The van der Waals surface area contributed by atoms with E-state index in [4.69, 9.17) is 0 Å². The molecule has 0 aromatic rings. The van der Waals surface area contributed by atoms with Crippen LogP contribution in [0, 0.1) is 0 Å². The molecule has 3 heterocycles. The number of hydrogen-bond donors (Lipinski definition) is 1. The molecule has 4 nitrogen and oxygen atoms in total. The number of rotatable bonds is 6. The lowest BCUT2D eigenvalue weighted by Gasteiger charge is -2.41. The van der Waals surface area contributed by atoms with Crippen molar-refractivity contribution in [1.82, 2.24) is 19.4 Å². The van der Waals surface area contributed by atoms with Crippen LogP contribution < -0.4 is 5.32 Å². The zero-order valence-electron chi connectivity index (χ0n) is 20.3. The van der Waals surface area contributed by atoms with Crippen molar-refractivity contribution in [2.24, 2.45) is 0 Å². The first-order valence-electron chi connectivity index (χ1n) is 12.3. The number of likely N-dealkylation sites (tertiary alicyclic amines) is 1. The van der Waals surface area contributed by atoms with Gasteiger partial charge in [-0.25, -0.2) is 4.31 Å². The van der Waals surface area contributed by atoms with Crippen molar-refractivity contribution in [3.63, 3.8) is 0 Å². The van der Waals surface area contributed by atoms with Crippen molar-refractivity contribution in [2.75, 3.05) is 58.6 Å². The standard InChI is InChI=1S/C17H34N4S.3C2H6/c1-19-9-6-17(7-10-19)20-11-13-21(14-12-20)22-15-3-5-16-4-2-8-18-16;3*1-2/h16-18H,2-15H2,1H3;3*1-2H3. The molecule has 0 spiro atoms. The van der Waals surface area contributed by atoms with Crippen LogP contribution in [0.25, 0.3) is 0 Å². The Morgan fingerprint density at radius 1 is 0.821 bits per heavy atom. The predicted molar refractivity (Wildman–Crippen MR) is 130 cm³/mol. The van der Waals surface area contributed by atoms with Gasteiger partial charge in [-0.05, 0) is 65.2 Å². The van der Waals surface area contributed by atoms with Gasteiger partial charge in [0.2, 0.25) is 0 Å². The van der Waals surface area contributed by atoms with Crippen LogP contribution in [0.2, 0.25) is 0 Å². The molecule has 0 saturated carbocycles. The van der Waals surface area contributed by atoms with Gasteiger partial charge in [0.25, 0.3) is 0 Å². The molecule has 3 fully saturated rings. The molecule has 0 amide bonds. The molecular formula is C23H52N4S. The molecule has 3 saturated heterocycles. The minimum atomic E-state index is 0.821. The van der Waals surface area contributed by atoms with Gasteiger partial charge in [-0.1, -0.05) is 53.5 Å². The summed E-state index contributed by atoms with van der Waals surface area (Å²) in [6.07, 6.45) is 8.28. The van der Waals surface area contributed by atoms with E-state index in [-0.39, 0.29) is 0 Å². The number of nitrogens with one attached hydrogen (secondary N) is 1. The molecule has 3 aliphatic rings. The molecule has 0 bridgehead atoms. The molecule has 5 heteroatoms. The average Bonchev–Trinajstić information content (AvgIpc) is 3.30. The Bertz CT molecular complexity index is 308. The van der Waals surface area contributed by atoms with Crippen LogP contribution in [0.4, 0.5) is 0 Å². The molecule has 1 unspecified atom stereocenters. The zero-order chi connectivity index (χ0) is 21.2. The quantitative estimate of drug-likeness (QED) is 0.487. The first-order valence-corrected chi connectivity index (χ1v) is 13.3. The lowest BCUT2D eigenvalue weighted by atomic mass is 10.0. The summed E-state index contributed by atoms with van der Waals surface area (Å²) < 4.78 is 2.62. The highest BCUT2D eigenvalue weighted by Crippen LogP contribution is 2.21. The second-order valence-electron chi connectivity index (χ2n) is 7.27. The third kappa shape index (κ3) is 11.4. The molecule has 170 valence electrons. The lowest BCUT2D eigenvalue weighted by molar-refractivity contribution is 0.0919. The highest BCUT2D eigenvalue weighted by molar-refractivity contribution is 7.97. The van der Waals surface area contributed by atoms with E-state index < -0.39 is 0 Å². The highest BCUT2D eigenvalue weighted by atomic mass is 32.2. The maximum absolute atomic E-state index is 3.61. The maximum atomic E-state index is 3.61. The van der Waals surface area contributed by atoms with Gasteiger partial charge in [0.05, 0.1) is 0 Å². The second kappa shape index (κ2) is 19.2. The lowest BCUT2D eigenvalue weighted by Crippen LogP contribution is -2.51. The second-order valence-corrected chi connectivity index (χ2v) is 8.45. The van der Waals surface area contributed by atoms with Crippen LogP contribution in [-0.2, 0) is 0 Å². The average molecular weight is 417 g/mol. The van der Waals surface area contributed by atoms with Crippen molar-refractivity contribution in [3.05, 3.63) is 0 Å². The van der Waals surface area contributed by atoms with E-state index in [0.29, 0.717) is 0 Å².